The quantitative estimate of drug-likeness (QED) is 0.804. The predicted molar refractivity (Wildman–Crippen MR) is 70.2 cm³/mol. The van der Waals surface area contributed by atoms with Gasteiger partial charge in [0.15, 0.2) is 0 Å². The van der Waals surface area contributed by atoms with Gasteiger partial charge in [-0.05, 0) is 24.5 Å². The van der Waals surface area contributed by atoms with Gasteiger partial charge >= 0.3 is 0 Å². The number of rotatable bonds is 5. The molecule has 1 rings (SSSR count). The Labute approximate surface area is 104 Å². The summed E-state index contributed by atoms with van der Waals surface area (Å²) in [7, 11) is 0. The Hall–Kier alpha value is -0.320. The Morgan fingerprint density at radius 2 is 2.20 bits per heavy atom. The smallest absolute Gasteiger partial charge is 0.147 e. The molecule has 0 saturated heterocycles. The number of pyridine rings is 1. The summed E-state index contributed by atoms with van der Waals surface area (Å²) in [5.74, 6) is 2.00. The monoisotopic (exact) mass is 265 g/mol. The molecule has 0 atom stereocenters. The number of thioether (sulfide) groups is 1. The van der Waals surface area contributed by atoms with Gasteiger partial charge in [-0.3, -0.25) is 0 Å². The van der Waals surface area contributed by atoms with Crippen LogP contribution in [0.2, 0.25) is 10.0 Å². The van der Waals surface area contributed by atoms with Crippen LogP contribution < -0.4 is 11.1 Å². The minimum absolute atomic E-state index is 0.299. The number of nitrogen functional groups attached to an aromatic ring is 1. The van der Waals surface area contributed by atoms with Gasteiger partial charge < -0.3 is 11.1 Å². The van der Waals surface area contributed by atoms with E-state index in [-0.39, 0.29) is 0 Å². The number of anilines is 2. The number of halogens is 2. The molecule has 0 saturated carbocycles. The molecule has 3 N–H and O–H groups in total. The van der Waals surface area contributed by atoms with Crippen molar-refractivity contribution in [1.29, 1.82) is 0 Å². The molecule has 0 radical (unpaired) electrons. The van der Waals surface area contributed by atoms with Crippen LogP contribution in [-0.2, 0) is 0 Å². The molecule has 15 heavy (non-hydrogen) atoms. The molecule has 1 aromatic heterocycles. The van der Waals surface area contributed by atoms with Gasteiger partial charge in [-0.1, -0.05) is 23.2 Å². The van der Waals surface area contributed by atoms with E-state index in [0.717, 1.165) is 18.7 Å². The minimum atomic E-state index is 0.299. The lowest BCUT2D eigenvalue weighted by atomic mass is 10.4. The Morgan fingerprint density at radius 3 is 2.87 bits per heavy atom. The van der Waals surface area contributed by atoms with E-state index in [1.54, 1.807) is 6.07 Å². The van der Waals surface area contributed by atoms with E-state index in [1.165, 1.54) is 0 Å². The van der Waals surface area contributed by atoms with Crippen molar-refractivity contribution in [2.24, 2.45) is 0 Å². The van der Waals surface area contributed by atoms with Crippen molar-refractivity contribution in [2.75, 3.05) is 29.6 Å². The van der Waals surface area contributed by atoms with Crippen LogP contribution in [0.15, 0.2) is 6.07 Å². The maximum absolute atomic E-state index is 5.94. The predicted octanol–water partition coefficient (Wildman–Crippen LogP) is 3.14. The maximum atomic E-state index is 5.94. The van der Waals surface area contributed by atoms with Crippen LogP contribution in [-0.4, -0.2) is 23.5 Å². The van der Waals surface area contributed by atoms with Crippen molar-refractivity contribution in [3.63, 3.8) is 0 Å². The lowest BCUT2D eigenvalue weighted by Gasteiger charge is -2.08. The molecule has 0 aromatic carbocycles. The first-order valence-corrected chi connectivity index (χ1v) is 6.64. The fourth-order valence-corrected chi connectivity index (χ4v) is 1.89. The number of nitrogens with zero attached hydrogens (tertiary/aromatic N) is 1. The zero-order chi connectivity index (χ0) is 11.3. The average Bonchev–Trinajstić information content (AvgIpc) is 2.20. The van der Waals surface area contributed by atoms with Gasteiger partial charge in [0.05, 0.1) is 10.0 Å². The number of nitrogens with two attached hydrogens (primary N) is 1. The zero-order valence-electron chi connectivity index (χ0n) is 8.39. The Kier molecular flexibility index (Phi) is 5.36. The third-order valence-corrected chi connectivity index (χ3v) is 3.06. The molecule has 1 aromatic rings. The SMILES string of the molecule is CSCCCNc1nc(N)c(Cl)cc1Cl. The fourth-order valence-electron chi connectivity index (χ4n) is 1.03. The lowest BCUT2D eigenvalue weighted by molar-refractivity contribution is 0.983. The highest BCUT2D eigenvalue weighted by Gasteiger charge is 2.05. The van der Waals surface area contributed by atoms with Crippen molar-refractivity contribution in [2.45, 2.75) is 6.42 Å². The molecule has 6 heteroatoms. The minimum Gasteiger partial charge on any atom is -0.382 e. The molecule has 0 fully saturated rings. The highest BCUT2D eigenvalue weighted by molar-refractivity contribution is 7.98. The van der Waals surface area contributed by atoms with Gasteiger partial charge in [0.25, 0.3) is 0 Å². The van der Waals surface area contributed by atoms with E-state index in [4.69, 9.17) is 28.9 Å². The van der Waals surface area contributed by atoms with Crippen molar-refractivity contribution in [1.82, 2.24) is 4.98 Å². The second kappa shape index (κ2) is 6.30. The first kappa shape index (κ1) is 12.7. The van der Waals surface area contributed by atoms with Crippen LogP contribution in [0.4, 0.5) is 11.6 Å². The van der Waals surface area contributed by atoms with E-state index < -0.39 is 0 Å². The summed E-state index contributed by atoms with van der Waals surface area (Å²) in [6.45, 7) is 0.828. The molecule has 0 bridgehead atoms. The summed E-state index contributed by atoms with van der Waals surface area (Å²) in [6.07, 6.45) is 3.13. The van der Waals surface area contributed by atoms with E-state index in [9.17, 15) is 0 Å². The standard InChI is InChI=1S/C9H13Cl2N3S/c1-15-4-2-3-13-9-7(11)5-6(10)8(12)14-9/h5H,2-4H2,1H3,(H3,12,13,14). The van der Waals surface area contributed by atoms with Gasteiger partial charge in [0, 0.05) is 6.54 Å². The van der Waals surface area contributed by atoms with Crippen molar-refractivity contribution in [3.05, 3.63) is 16.1 Å². The molecule has 0 aliphatic heterocycles. The van der Waals surface area contributed by atoms with Crippen LogP contribution in [0.1, 0.15) is 6.42 Å². The second-order valence-corrected chi connectivity index (χ2v) is 4.76. The van der Waals surface area contributed by atoms with Crippen LogP contribution in [0.5, 0.6) is 0 Å². The van der Waals surface area contributed by atoms with Gasteiger partial charge in [-0.25, -0.2) is 4.98 Å². The summed E-state index contributed by atoms with van der Waals surface area (Å²) < 4.78 is 0. The van der Waals surface area contributed by atoms with E-state index >= 15 is 0 Å². The number of hydrogen-bond acceptors (Lipinski definition) is 4. The van der Waals surface area contributed by atoms with Crippen molar-refractivity contribution < 1.29 is 0 Å². The third kappa shape index (κ3) is 3.97. The number of aromatic nitrogens is 1. The molecule has 0 spiro atoms. The first-order chi connectivity index (χ1) is 7.15. The van der Waals surface area contributed by atoms with E-state index in [0.29, 0.717) is 21.7 Å². The highest BCUT2D eigenvalue weighted by Crippen LogP contribution is 2.27. The summed E-state index contributed by atoms with van der Waals surface area (Å²) in [5.41, 5.74) is 5.57. The average molecular weight is 266 g/mol. The second-order valence-electron chi connectivity index (χ2n) is 2.96. The summed E-state index contributed by atoms with van der Waals surface area (Å²) in [5, 5.41) is 4.00. The van der Waals surface area contributed by atoms with Gasteiger partial charge in [-0.15, -0.1) is 0 Å². The van der Waals surface area contributed by atoms with Crippen LogP contribution in [0, 0.1) is 0 Å². The van der Waals surface area contributed by atoms with E-state index in [2.05, 4.69) is 16.6 Å². The summed E-state index contributed by atoms with van der Waals surface area (Å²) >= 11 is 13.5. The van der Waals surface area contributed by atoms with Gasteiger partial charge in [0.1, 0.15) is 11.6 Å². The van der Waals surface area contributed by atoms with Crippen LogP contribution >= 0.6 is 35.0 Å². The Bertz CT molecular complexity index is 333. The summed E-state index contributed by atoms with van der Waals surface area (Å²) in [6, 6.07) is 1.60. The van der Waals surface area contributed by atoms with Crippen LogP contribution in [0.3, 0.4) is 0 Å². The molecular weight excluding hydrogens is 253 g/mol. The van der Waals surface area contributed by atoms with Crippen molar-refractivity contribution >= 4 is 46.6 Å². The molecule has 3 nitrogen and oxygen atoms in total. The fraction of sp³-hybridized carbons (Fsp3) is 0.444. The summed E-state index contributed by atoms with van der Waals surface area (Å²) in [4.78, 5) is 4.07. The molecule has 84 valence electrons. The molecule has 0 amide bonds. The normalized spacial score (nSPS) is 10.3. The van der Waals surface area contributed by atoms with Crippen LogP contribution in [0.25, 0.3) is 0 Å². The van der Waals surface area contributed by atoms with E-state index in [1.807, 2.05) is 11.8 Å². The van der Waals surface area contributed by atoms with Crippen molar-refractivity contribution in [3.8, 4) is 0 Å². The van der Waals surface area contributed by atoms with Gasteiger partial charge in [0.2, 0.25) is 0 Å². The lowest BCUT2D eigenvalue weighted by Crippen LogP contribution is -2.06. The molecule has 0 unspecified atom stereocenters. The molecule has 1 heterocycles. The Morgan fingerprint density at radius 1 is 1.47 bits per heavy atom. The third-order valence-electron chi connectivity index (χ3n) is 1.77. The molecular formula is C9H13Cl2N3S. The Balaban J connectivity index is 2.57. The number of hydrogen-bond donors (Lipinski definition) is 2. The number of nitrogens with one attached hydrogen (secondary N) is 1. The molecule has 0 aliphatic rings. The highest BCUT2D eigenvalue weighted by atomic mass is 35.5. The zero-order valence-corrected chi connectivity index (χ0v) is 10.7. The maximum Gasteiger partial charge on any atom is 0.147 e. The molecule has 0 aliphatic carbocycles. The first-order valence-electron chi connectivity index (χ1n) is 4.49. The van der Waals surface area contributed by atoms with Gasteiger partial charge in [-0.2, -0.15) is 11.8 Å². The topological polar surface area (TPSA) is 50.9 Å². The largest absolute Gasteiger partial charge is 0.382 e.